The zero-order chi connectivity index (χ0) is 17.0. The van der Waals surface area contributed by atoms with Gasteiger partial charge in [0.1, 0.15) is 0 Å². The van der Waals surface area contributed by atoms with Crippen LogP contribution in [0.1, 0.15) is 26.7 Å². The molecule has 1 aliphatic heterocycles. The summed E-state index contributed by atoms with van der Waals surface area (Å²) in [4.78, 5) is 3.50. The van der Waals surface area contributed by atoms with Gasteiger partial charge in [0.2, 0.25) is 0 Å². The fourth-order valence-corrected chi connectivity index (χ4v) is 2.95. The SMILES string of the molecule is CC(C)(Cl)CO.[Y].c1ccc(SCCCCN2CC[N-]CC2)cc1. The molecule has 1 radical (unpaired) electrons. The second kappa shape index (κ2) is 15.0. The number of aliphatic hydroxyl groups is 1. The maximum absolute atomic E-state index is 8.27. The molecule has 0 saturated carbocycles. The second-order valence-electron chi connectivity index (χ2n) is 6.26. The molecule has 0 aliphatic carbocycles. The Balaban J connectivity index is 0.000000655. The van der Waals surface area contributed by atoms with Crippen LogP contribution >= 0.6 is 23.4 Å². The van der Waals surface area contributed by atoms with Crippen LogP contribution in [0.15, 0.2) is 35.2 Å². The number of nitrogens with zero attached hydrogens (tertiary/aromatic N) is 2. The van der Waals surface area contributed by atoms with Crippen LogP contribution < -0.4 is 0 Å². The molecule has 3 nitrogen and oxygen atoms in total. The Hall–Kier alpha value is 0.844. The average molecular weight is 447 g/mol. The summed E-state index contributed by atoms with van der Waals surface area (Å²) < 4.78 is 0. The van der Waals surface area contributed by atoms with Crippen LogP contribution in [0.2, 0.25) is 0 Å². The third kappa shape index (κ3) is 14.1. The molecule has 1 aromatic rings. The van der Waals surface area contributed by atoms with Crippen LogP contribution in [0, 0.1) is 0 Å². The molecule has 0 amide bonds. The fraction of sp³-hybridized carbons (Fsp3) is 0.667. The van der Waals surface area contributed by atoms with Crippen molar-refractivity contribution in [3.63, 3.8) is 0 Å². The van der Waals surface area contributed by atoms with Gasteiger partial charge in [0, 0.05) is 37.6 Å². The molecule has 1 aliphatic rings. The van der Waals surface area contributed by atoms with Gasteiger partial charge in [-0.1, -0.05) is 18.2 Å². The molecule has 24 heavy (non-hydrogen) atoms. The van der Waals surface area contributed by atoms with Crippen molar-refractivity contribution >= 4 is 23.4 Å². The van der Waals surface area contributed by atoms with Gasteiger partial charge in [-0.25, -0.2) is 0 Å². The zero-order valence-corrected chi connectivity index (χ0v) is 19.4. The maximum Gasteiger partial charge on any atom is 0.0620 e. The largest absolute Gasteiger partial charge is 0.660 e. The van der Waals surface area contributed by atoms with Gasteiger partial charge < -0.3 is 15.3 Å². The summed E-state index contributed by atoms with van der Waals surface area (Å²) in [7, 11) is 0. The van der Waals surface area contributed by atoms with Gasteiger partial charge in [0.15, 0.2) is 0 Å². The first-order chi connectivity index (χ1) is 11.0. The molecule has 1 N–H and O–H groups in total. The monoisotopic (exact) mass is 446 g/mol. The predicted octanol–water partition coefficient (Wildman–Crippen LogP) is 4.24. The molecule has 0 bridgehead atoms. The van der Waals surface area contributed by atoms with E-state index in [2.05, 4.69) is 40.5 Å². The molecule has 0 spiro atoms. The summed E-state index contributed by atoms with van der Waals surface area (Å²) in [5.74, 6) is 1.24. The minimum atomic E-state index is -0.431. The molecule has 1 aromatic carbocycles. The molecule has 1 fully saturated rings. The van der Waals surface area contributed by atoms with Crippen molar-refractivity contribution in [3.8, 4) is 0 Å². The van der Waals surface area contributed by atoms with Crippen LogP contribution in [0.3, 0.4) is 0 Å². The molecular formula is C18H30ClN2OSY-. The van der Waals surface area contributed by atoms with E-state index in [4.69, 9.17) is 16.7 Å². The van der Waals surface area contributed by atoms with Crippen LogP contribution in [0.5, 0.6) is 0 Å². The van der Waals surface area contributed by atoms with E-state index >= 15 is 0 Å². The molecule has 1 saturated heterocycles. The normalized spacial score (nSPS) is 15.2. The Labute approximate surface area is 182 Å². The van der Waals surface area contributed by atoms with Gasteiger partial charge in [-0.15, -0.1) is 36.5 Å². The maximum atomic E-state index is 8.27. The third-order valence-electron chi connectivity index (χ3n) is 3.41. The zero-order valence-electron chi connectivity index (χ0n) is 15.0. The smallest absolute Gasteiger partial charge is 0.0620 e. The number of alkyl halides is 1. The number of unbranched alkanes of at least 4 members (excludes halogenated alkanes) is 1. The van der Waals surface area contributed by atoms with Crippen molar-refractivity contribution in [3.05, 3.63) is 35.6 Å². The summed E-state index contributed by atoms with van der Waals surface area (Å²) in [6.07, 6.45) is 2.63. The van der Waals surface area contributed by atoms with Crippen LogP contribution in [-0.2, 0) is 32.7 Å². The summed E-state index contributed by atoms with van der Waals surface area (Å²) in [6, 6.07) is 10.7. The minimum Gasteiger partial charge on any atom is -0.660 e. The Kier molecular flexibility index (Phi) is 15.5. The standard InChI is InChI=1S/C14H21N2S.C4H9ClO.Y/c1-2-6-14(7-3-1)17-13-5-4-10-16-11-8-15-9-12-16;1-4(2,5)3-6;/h1-3,6-7H,4-5,8-13H2;6H,3H2,1-2H3;/q-1;;. The Morgan fingerprint density at radius 1 is 1.17 bits per heavy atom. The van der Waals surface area contributed by atoms with Gasteiger partial charge in [-0.3, -0.25) is 0 Å². The topological polar surface area (TPSA) is 37.6 Å². The number of halogens is 1. The van der Waals surface area contributed by atoms with Crippen LogP contribution in [-0.4, -0.2) is 60.0 Å². The van der Waals surface area contributed by atoms with Gasteiger partial charge in [-0.05, 0) is 64.2 Å². The number of hydrogen-bond donors (Lipinski definition) is 1. The Bertz CT molecular complexity index is 398. The summed E-state index contributed by atoms with van der Waals surface area (Å²) in [6.45, 7) is 9.23. The van der Waals surface area contributed by atoms with Gasteiger partial charge in [-0.2, -0.15) is 0 Å². The van der Waals surface area contributed by atoms with Crippen LogP contribution in [0.4, 0.5) is 0 Å². The van der Waals surface area contributed by atoms with Crippen molar-refractivity contribution in [1.82, 2.24) is 4.90 Å². The molecule has 6 heteroatoms. The van der Waals surface area contributed by atoms with Crippen molar-refractivity contribution < 1.29 is 37.8 Å². The quantitative estimate of drug-likeness (QED) is 0.387. The average Bonchev–Trinajstić information content (AvgIpc) is 2.56. The Morgan fingerprint density at radius 3 is 2.29 bits per heavy atom. The van der Waals surface area contributed by atoms with Gasteiger partial charge in [0.25, 0.3) is 0 Å². The number of thioether (sulfide) groups is 1. The van der Waals surface area contributed by atoms with Gasteiger partial charge >= 0.3 is 0 Å². The molecule has 0 unspecified atom stereocenters. The predicted molar refractivity (Wildman–Crippen MR) is 103 cm³/mol. The van der Waals surface area contributed by atoms with E-state index in [9.17, 15) is 0 Å². The minimum absolute atomic E-state index is 0. The number of piperazine rings is 1. The first-order valence-corrected chi connectivity index (χ1v) is 9.71. The third-order valence-corrected chi connectivity index (χ3v) is 4.62. The number of hydrogen-bond acceptors (Lipinski definition) is 3. The molecule has 135 valence electrons. The van der Waals surface area contributed by atoms with E-state index in [1.54, 1.807) is 13.8 Å². The van der Waals surface area contributed by atoms with E-state index in [-0.39, 0.29) is 39.3 Å². The van der Waals surface area contributed by atoms with E-state index in [0.717, 1.165) is 13.1 Å². The summed E-state index contributed by atoms with van der Waals surface area (Å²) in [5.41, 5.74) is 0. The number of benzene rings is 1. The van der Waals surface area contributed by atoms with E-state index in [1.807, 2.05) is 11.8 Å². The van der Waals surface area contributed by atoms with Crippen molar-refractivity contribution in [2.75, 3.05) is 45.1 Å². The van der Waals surface area contributed by atoms with E-state index < -0.39 is 4.87 Å². The molecular weight excluding hydrogens is 417 g/mol. The van der Waals surface area contributed by atoms with E-state index in [1.165, 1.54) is 43.1 Å². The number of aliphatic hydroxyl groups excluding tert-OH is 1. The summed E-state index contributed by atoms with van der Waals surface area (Å²) in [5, 5.41) is 12.6. The molecule has 0 atom stereocenters. The Morgan fingerprint density at radius 2 is 1.75 bits per heavy atom. The van der Waals surface area contributed by atoms with Crippen LogP contribution in [0.25, 0.3) is 5.32 Å². The fourth-order valence-electron chi connectivity index (χ4n) is 2.02. The molecule has 1 heterocycles. The second-order valence-corrected chi connectivity index (χ2v) is 8.45. The summed E-state index contributed by atoms with van der Waals surface area (Å²) >= 11 is 7.44. The molecule has 0 aromatic heterocycles. The van der Waals surface area contributed by atoms with Crippen molar-refractivity contribution in [2.45, 2.75) is 36.5 Å². The van der Waals surface area contributed by atoms with Crippen molar-refractivity contribution in [1.29, 1.82) is 0 Å². The first kappa shape index (κ1) is 24.8. The van der Waals surface area contributed by atoms with Crippen molar-refractivity contribution in [2.24, 2.45) is 0 Å². The van der Waals surface area contributed by atoms with Gasteiger partial charge in [0.05, 0.1) is 11.5 Å². The first-order valence-electron chi connectivity index (χ1n) is 8.34. The molecule has 2 rings (SSSR count). The number of rotatable bonds is 7. The van der Waals surface area contributed by atoms with E-state index in [0.29, 0.717) is 0 Å².